The molecular formula is C25H29BrN4O8. The summed E-state index contributed by atoms with van der Waals surface area (Å²) in [6.45, 7) is 3.57. The summed E-state index contributed by atoms with van der Waals surface area (Å²) in [7, 11) is 2.70. The highest BCUT2D eigenvalue weighted by molar-refractivity contribution is 9.10. The van der Waals surface area contributed by atoms with Crippen molar-refractivity contribution in [1.29, 1.82) is 0 Å². The van der Waals surface area contributed by atoms with Crippen molar-refractivity contribution in [1.82, 2.24) is 16.1 Å². The van der Waals surface area contributed by atoms with E-state index in [2.05, 4.69) is 37.1 Å². The van der Waals surface area contributed by atoms with Gasteiger partial charge >= 0.3 is 12.0 Å². The van der Waals surface area contributed by atoms with Crippen LogP contribution in [0.4, 0.5) is 4.79 Å². The molecule has 0 saturated heterocycles. The van der Waals surface area contributed by atoms with Crippen LogP contribution in [0.5, 0.6) is 23.0 Å². The number of aliphatic hydroxyl groups excluding tert-OH is 1. The maximum Gasteiger partial charge on any atom is 0.337 e. The van der Waals surface area contributed by atoms with Crippen LogP contribution in [-0.4, -0.2) is 62.1 Å². The number of rotatable bonds is 11. The van der Waals surface area contributed by atoms with E-state index in [0.717, 1.165) is 0 Å². The SMILES string of the molecule is CCOc1cc([C@@H]2NC(=O)NC(C)=C2C(=O)OC)ccc1OC[C@H](O)N/N=C\c1cc(Br)c(O)c(OC)c1. The van der Waals surface area contributed by atoms with Crippen LogP contribution in [0.1, 0.15) is 31.0 Å². The molecule has 1 aliphatic heterocycles. The van der Waals surface area contributed by atoms with Crippen LogP contribution in [0.15, 0.2) is 51.2 Å². The third-order valence-corrected chi connectivity index (χ3v) is 5.98. The summed E-state index contributed by atoms with van der Waals surface area (Å²) >= 11 is 3.24. The number of methoxy groups -OCH3 is 2. The number of phenols is 1. The van der Waals surface area contributed by atoms with E-state index >= 15 is 0 Å². The number of hydrogen-bond acceptors (Lipinski definition) is 10. The van der Waals surface area contributed by atoms with Crippen molar-refractivity contribution < 1.29 is 38.7 Å². The number of carbonyl (C=O) groups excluding carboxylic acids is 2. The predicted molar refractivity (Wildman–Crippen MR) is 141 cm³/mol. The first-order valence-corrected chi connectivity index (χ1v) is 12.3. The zero-order valence-corrected chi connectivity index (χ0v) is 22.8. The van der Waals surface area contributed by atoms with Gasteiger partial charge in [0.25, 0.3) is 0 Å². The smallest absolute Gasteiger partial charge is 0.337 e. The van der Waals surface area contributed by atoms with E-state index in [1.165, 1.54) is 20.4 Å². The Morgan fingerprint density at radius 2 is 1.97 bits per heavy atom. The molecule has 0 radical (unpaired) electrons. The maximum atomic E-state index is 12.4. The molecule has 38 heavy (non-hydrogen) atoms. The average molecular weight is 593 g/mol. The van der Waals surface area contributed by atoms with E-state index in [0.29, 0.717) is 39.4 Å². The van der Waals surface area contributed by atoms with Gasteiger partial charge in [-0.25, -0.2) is 9.59 Å². The summed E-state index contributed by atoms with van der Waals surface area (Å²) in [4.78, 5) is 24.4. The van der Waals surface area contributed by atoms with Crippen LogP contribution in [0.2, 0.25) is 0 Å². The Kier molecular flexibility index (Phi) is 9.79. The second-order valence-corrected chi connectivity index (χ2v) is 8.82. The molecule has 1 heterocycles. The largest absolute Gasteiger partial charge is 0.503 e. The van der Waals surface area contributed by atoms with E-state index in [4.69, 9.17) is 18.9 Å². The number of urea groups is 1. The van der Waals surface area contributed by atoms with Gasteiger partial charge in [0.1, 0.15) is 6.61 Å². The van der Waals surface area contributed by atoms with E-state index in [-0.39, 0.29) is 23.7 Å². The molecule has 0 spiro atoms. The Morgan fingerprint density at radius 1 is 1.21 bits per heavy atom. The molecule has 2 atom stereocenters. The van der Waals surface area contributed by atoms with Gasteiger partial charge < -0.3 is 39.8 Å². The summed E-state index contributed by atoms with van der Waals surface area (Å²) in [5.74, 6) is 0.359. The molecule has 0 saturated carbocycles. The minimum atomic E-state index is -1.16. The highest BCUT2D eigenvalue weighted by Crippen LogP contribution is 2.36. The van der Waals surface area contributed by atoms with Crippen LogP contribution >= 0.6 is 15.9 Å². The monoisotopic (exact) mass is 592 g/mol. The second-order valence-electron chi connectivity index (χ2n) is 7.97. The summed E-state index contributed by atoms with van der Waals surface area (Å²) < 4.78 is 21.9. The van der Waals surface area contributed by atoms with Gasteiger partial charge in [-0.2, -0.15) is 5.10 Å². The van der Waals surface area contributed by atoms with Crippen LogP contribution in [0.25, 0.3) is 0 Å². The van der Waals surface area contributed by atoms with Gasteiger partial charge in [-0.1, -0.05) is 6.07 Å². The number of aliphatic hydroxyl groups is 1. The number of hydrogen-bond donors (Lipinski definition) is 5. The second kappa shape index (κ2) is 13.0. The van der Waals surface area contributed by atoms with Gasteiger partial charge in [0.05, 0.1) is 43.1 Å². The number of esters is 1. The van der Waals surface area contributed by atoms with Crippen molar-refractivity contribution >= 4 is 34.1 Å². The number of amides is 2. The van der Waals surface area contributed by atoms with Crippen molar-refractivity contribution in [2.75, 3.05) is 27.4 Å². The highest BCUT2D eigenvalue weighted by atomic mass is 79.9. The first-order valence-electron chi connectivity index (χ1n) is 11.5. The molecule has 2 aromatic rings. The van der Waals surface area contributed by atoms with Crippen molar-refractivity contribution in [3.8, 4) is 23.0 Å². The molecule has 5 N–H and O–H groups in total. The Hall–Kier alpha value is -3.97. The van der Waals surface area contributed by atoms with E-state index in [1.54, 1.807) is 44.2 Å². The minimum Gasteiger partial charge on any atom is -0.503 e. The number of nitrogens with zero attached hydrogens (tertiary/aromatic N) is 1. The third kappa shape index (κ3) is 6.86. The fourth-order valence-electron chi connectivity index (χ4n) is 3.64. The zero-order chi connectivity index (χ0) is 27.8. The summed E-state index contributed by atoms with van der Waals surface area (Å²) in [6.07, 6.45) is 0.279. The average Bonchev–Trinajstić information content (AvgIpc) is 2.89. The van der Waals surface area contributed by atoms with Gasteiger partial charge in [-0.05, 0) is 65.2 Å². The number of ether oxygens (including phenoxy) is 4. The lowest BCUT2D eigenvalue weighted by Crippen LogP contribution is -2.45. The lowest BCUT2D eigenvalue weighted by atomic mass is 9.95. The molecule has 2 amide bonds. The van der Waals surface area contributed by atoms with Crippen molar-refractivity contribution in [2.45, 2.75) is 26.1 Å². The lowest BCUT2D eigenvalue weighted by molar-refractivity contribution is -0.136. The Balaban J connectivity index is 1.70. The fourth-order valence-corrected chi connectivity index (χ4v) is 4.10. The molecule has 2 aromatic carbocycles. The summed E-state index contributed by atoms with van der Waals surface area (Å²) in [5.41, 5.74) is 4.39. The number of nitrogens with one attached hydrogen (secondary N) is 3. The molecular weight excluding hydrogens is 564 g/mol. The van der Waals surface area contributed by atoms with Crippen LogP contribution < -0.4 is 30.3 Å². The lowest BCUT2D eigenvalue weighted by Gasteiger charge is -2.28. The number of carbonyl (C=O) groups is 2. The van der Waals surface area contributed by atoms with Gasteiger partial charge in [-0.3, -0.25) is 5.43 Å². The number of phenolic OH excluding ortho intramolecular Hbond substituents is 1. The summed E-state index contributed by atoms with van der Waals surface area (Å²) in [6, 6.07) is 6.95. The molecule has 3 rings (SSSR count). The maximum absolute atomic E-state index is 12.4. The third-order valence-electron chi connectivity index (χ3n) is 5.38. The number of aromatic hydroxyl groups is 1. The molecule has 1 aliphatic rings. The number of halogens is 1. The molecule has 13 heteroatoms. The van der Waals surface area contributed by atoms with E-state index in [1.807, 2.05) is 0 Å². The molecule has 0 aliphatic carbocycles. The van der Waals surface area contributed by atoms with E-state index < -0.39 is 24.3 Å². The quantitative estimate of drug-likeness (QED) is 0.114. The summed E-state index contributed by atoms with van der Waals surface area (Å²) in [5, 5.41) is 29.5. The molecule has 204 valence electrons. The first-order chi connectivity index (χ1) is 18.2. The Labute approximate surface area is 227 Å². The van der Waals surface area contributed by atoms with E-state index in [9.17, 15) is 19.8 Å². The van der Waals surface area contributed by atoms with Gasteiger partial charge in [0, 0.05) is 5.70 Å². The Bertz CT molecular complexity index is 1250. The molecule has 0 unspecified atom stereocenters. The van der Waals surface area contributed by atoms with Crippen molar-refractivity contribution in [2.24, 2.45) is 5.10 Å². The first kappa shape index (κ1) is 28.6. The predicted octanol–water partition coefficient (Wildman–Crippen LogP) is 2.68. The van der Waals surface area contributed by atoms with Gasteiger partial charge in [0.15, 0.2) is 29.2 Å². The topological polar surface area (TPSA) is 160 Å². The highest BCUT2D eigenvalue weighted by Gasteiger charge is 2.32. The van der Waals surface area contributed by atoms with Crippen molar-refractivity contribution in [3.63, 3.8) is 0 Å². The zero-order valence-electron chi connectivity index (χ0n) is 21.2. The van der Waals surface area contributed by atoms with Crippen LogP contribution in [0.3, 0.4) is 0 Å². The number of benzene rings is 2. The van der Waals surface area contributed by atoms with Crippen molar-refractivity contribution in [3.05, 3.63) is 57.2 Å². The fraction of sp³-hybridized carbons (Fsp3) is 0.320. The molecule has 12 nitrogen and oxygen atoms in total. The van der Waals surface area contributed by atoms with Crippen LogP contribution in [0, 0.1) is 0 Å². The van der Waals surface area contributed by atoms with Gasteiger partial charge in [0.2, 0.25) is 0 Å². The molecule has 0 aromatic heterocycles. The normalized spacial score (nSPS) is 15.9. The number of allylic oxidation sites excluding steroid dienone is 1. The molecule has 0 fully saturated rings. The van der Waals surface area contributed by atoms with Gasteiger partial charge in [-0.15, -0.1) is 0 Å². The van der Waals surface area contributed by atoms with Crippen LogP contribution in [-0.2, 0) is 9.53 Å². The standard InChI is InChI=1S/C25H29BrN4O8/c1-5-37-18-10-15(22-21(24(33)36-4)13(2)28-25(34)29-22)6-7-17(18)38-12-20(31)30-27-11-14-8-16(26)23(32)19(9-14)35-3/h6-11,20,22,30-32H,5,12H2,1-4H3,(H2,28,29,34)/b27-11-/t20-,22-/m0/s1. The Morgan fingerprint density at radius 3 is 2.66 bits per heavy atom. The minimum absolute atomic E-state index is 0.0302. The molecule has 0 bridgehead atoms. The number of hydrazone groups is 1.